The van der Waals surface area contributed by atoms with E-state index in [0.717, 1.165) is 39.1 Å². The van der Waals surface area contributed by atoms with Crippen LogP contribution in [0.2, 0.25) is 0 Å². The minimum Gasteiger partial charge on any atom is -0.392 e. The minimum absolute atomic E-state index is 0. The molecule has 7 heteroatoms. The molecule has 3 unspecified atom stereocenters. The summed E-state index contributed by atoms with van der Waals surface area (Å²) in [5.41, 5.74) is 0. The van der Waals surface area contributed by atoms with Crippen LogP contribution < -0.4 is 5.32 Å². The smallest absolute Gasteiger partial charge is 0.222 e. The lowest BCUT2D eigenvalue weighted by Gasteiger charge is -2.40. The van der Waals surface area contributed by atoms with Gasteiger partial charge in [0.1, 0.15) is 0 Å². The third kappa shape index (κ3) is 6.59. The van der Waals surface area contributed by atoms with Crippen molar-refractivity contribution in [1.82, 2.24) is 15.1 Å². The van der Waals surface area contributed by atoms with Gasteiger partial charge in [-0.1, -0.05) is 0 Å². The van der Waals surface area contributed by atoms with Crippen molar-refractivity contribution in [2.75, 3.05) is 39.3 Å². The number of piperazine rings is 1. The van der Waals surface area contributed by atoms with Crippen molar-refractivity contribution < 1.29 is 9.90 Å². The van der Waals surface area contributed by atoms with E-state index in [1.54, 1.807) is 0 Å². The number of hydrogen-bond donors (Lipinski definition) is 2. The van der Waals surface area contributed by atoms with Crippen molar-refractivity contribution in [3.63, 3.8) is 0 Å². The number of nitrogens with one attached hydrogen (secondary N) is 1. The summed E-state index contributed by atoms with van der Waals surface area (Å²) >= 11 is 0. The van der Waals surface area contributed by atoms with Crippen LogP contribution in [0.1, 0.15) is 33.1 Å². The lowest BCUT2D eigenvalue weighted by Crippen LogP contribution is -2.54. The van der Waals surface area contributed by atoms with Gasteiger partial charge in [0.2, 0.25) is 5.91 Å². The number of β-amino-alcohol motifs (C(OH)–C–C–N with tert-alkyl or cyclic N) is 1. The molecule has 0 aliphatic carbocycles. The lowest BCUT2D eigenvalue weighted by molar-refractivity contribution is -0.134. The molecule has 2 fully saturated rings. The van der Waals surface area contributed by atoms with Gasteiger partial charge < -0.3 is 15.3 Å². The molecule has 0 aromatic rings. The normalized spacial score (nSPS) is 27.0. The van der Waals surface area contributed by atoms with Crippen molar-refractivity contribution in [1.29, 1.82) is 0 Å². The maximum Gasteiger partial charge on any atom is 0.222 e. The van der Waals surface area contributed by atoms with E-state index >= 15 is 0 Å². The maximum atomic E-state index is 12.3. The summed E-state index contributed by atoms with van der Waals surface area (Å²) in [4.78, 5) is 16.5. The van der Waals surface area contributed by atoms with Crippen molar-refractivity contribution >= 4 is 30.7 Å². The zero-order valence-electron chi connectivity index (χ0n) is 13.7. The molecule has 2 rings (SSSR count). The quantitative estimate of drug-likeness (QED) is 0.776. The summed E-state index contributed by atoms with van der Waals surface area (Å²) < 4.78 is 0. The highest BCUT2D eigenvalue weighted by molar-refractivity contribution is 5.85. The fourth-order valence-electron chi connectivity index (χ4n) is 3.28. The van der Waals surface area contributed by atoms with Crippen LogP contribution in [0.4, 0.5) is 0 Å². The molecule has 0 saturated carbocycles. The van der Waals surface area contributed by atoms with Crippen molar-refractivity contribution in [2.24, 2.45) is 5.92 Å². The van der Waals surface area contributed by atoms with Crippen molar-refractivity contribution in [2.45, 2.75) is 45.3 Å². The number of aliphatic hydroxyl groups excluding tert-OH is 1. The Morgan fingerprint density at radius 2 is 2.09 bits per heavy atom. The van der Waals surface area contributed by atoms with Gasteiger partial charge in [-0.05, 0) is 45.7 Å². The molecule has 2 saturated heterocycles. The molecular formula is C15H31Cl2N3O2. The summed E-state index contributed by atoms with van der Waals surface area (Å²) in [5, 5.41) is 12.8. The third-order valence-electron chi connectivity index (χ3n) is 4.55. The van der Waals surface area contributed by atoms with E-state index in [9.17, 15) is 9.90 Å². The number of hydrogen-bond acceptors (Lipinski definition) is 4. The van der Waals surface area contributed by atoms with E-state index in [4.69, 9.17) is 0 Å². The van der Waals surface area contributed by atoms with E-state index in [1.807, 2.05) is 11.8 Å². The van der Waals surface area contributed by atoms with Crippen LogP contribution in [0.3, 0.4) is 0 Å². The molecular weight excluding hydrogens is 325 g/mol. The fourth-order valence-corrected chi connectivity index (χ4v) is 3.28. The van der Waals surface area contributed by atoms with Gasteiger partial charge in [-0.25, -0.2) is 0 Å². The molecule has 2 heterocycles. The van der Waals surface area contributed by atoms with Crippen LogP contribution in [-0.4, -0.2) is 72.2 Å². The summed E-state index contributed by atoms with van der Waals surface area (Å²) in [6.07, 6.45) is 2.63. The standard InChI is InChI=1S/C15H29N3O2.2ClH/c1-12-10-18(8-7-17(12)11-13(2)19)15(20)4-3-14-5-6-16-9-14;;/h12-14,16,19H,3-11H2,1-2H3;2*1H. The molecule has 3 atom stereocenters. The second kappa shape index (κ2) is 10.7. The SMILES string of the molecule is CC(O)CN1CCN(C(=O)CCC2CCNC2)CC1C.Cl.Cl. The number of carbonyl (C=O) groups excluding carboxylic acids is 1. The van der Waals surface area contributed by atoms with Gasteiger partial charge in [-0.3, -0.25) is 9.69 Å². The Kier molecular flexibility index (Phi) is 10.6. The van der Waals surface area contributed by atoms with Gasteiger partial charge in [0.05, 0.1) is 6.10 Å². The molecule has 1 amide bonds. The average molecular weight is 356 g/mol. The first-order valence-corrected chi connectivity index (χ1v) is 7.97. The van der Waals surface area contributed by atoms with Gasteiger partial charge in [-0.15, -0.1) is 24.8 Å². The topological polar surface area (TPSA) is 55.8 Å². The Balaban J connectivity index is 0.00000220. The molecule has 0 aromatic heterocycles. The molecule has 0 radical (unpaired) electrons. The van der Waals surface area contributed by atoms with Gasteiger partial charge in [0.15, 0.2) is 0 Å². The third-order valence-corrected chi connectivity index (χ3v) is 4.55. The number of halogens is 2. The predicted octanol–water partition coefficient (Wildman–Crippen LogP) is 1.13. The van der Waals surface area contributed by atoms with Gasteiger partial charge in [-0.2, -0.15) is 0 Å². The first kappa shape index (κ1) is 21.9. The second-order valence-corrected chi connectivity index (χ2v) is 6.43. The van der Waals surface area contributed by atoms with Gasteiger partial charge >= 0.3 is 0 Å². The number of nitrogens with zero attached hydrogens (tertiary/aromatic N) is 2. The van der Waals surface area contributed by atoms with Gasteiger partial charge in [0, 0.05) is 38.6 Å². The monoisotopic (exact) mass is 355 g/mol. The number of rotatable bonds is 5. The highest BCUT2D eigenvalue weighted by atomic mass is 35.5. The molecule has 2 N–H and O–H groups in total. The summed E-state index contributed by atoms with van der Waals surface area (Å²) in [7, 11) is 0. The van der Waals surface area contributed by atoms with E-state index in [2.05, 4.69) is 17.1 Å². The minimum atomic E-state index is -0.297. The van der Waals surface area contributed by atoms with Crippen LogP contribution in [0.5, 0.6) is 0 Å². The molecule has 0 bridgehead atoms. The van der Waals surface area contributed by atoms with Crippen molar-refractivity contribution in [3.8, 4) is 0 Å². The molecule has 0 aromatic carbocycles. The number of amides is 1. The molecule has 132 valence electrons. The maximum absolute atomic E-state index is 12.3. The molecule has 22 heavy (non-hydrogen) atoms. The first-order valence-electron chi connectivity index (χ1n) is 7.97. The summed E-state index contributed by atoms with van der Waals surface area (Å²) in [5.74, 6) is 0.994. The Morgan fingerprint density at radius 1 is 1.36 bits per heavy atom. The second-order valence-electron chi connectivity index (χ2n) is 6.43. The van der Waals surface area contributed by atoms with Crippen LogP contribution in [0, 0.1) is 5.92 Å². The zero-order valence-corrected chi connectivity index (χ0v) is 15.3. The summed E-state index contributed by atoms with van der Waals surface area (Å²) in [6.45, 7) is 9.33. The highest BCUT2D eigenvalue weighted by Gasteiger charge is 2.27. The van der Waals surface area contributed by atoms with E-state index in [1.165, 1.54) is 6.42 Å². The van der Waals surface area contributed by atoms with Crippen LogP contribution in [0.15, 0.2) is 0 Å². The van der Waals surface area contributed by atoms with E-state index < -0.39 is 0 Å². The van der Waals surface area contributed by atoms with E-state index in [-0.39, 0.29) is 30.9 Å². The fraction of sp³-hybridized carbons (Fsp3) is 0.933. The zero-order chi connectivity index (χ0) is 14.5. The molecule has 0 spiro atoms. The Labute approximate surface area is 146 Å². The highest BCUT2D eigenvalue weighted by Crippen LogP contribution is 2.17. The van der Waals surface area contributed by atoms with Gasteiger partial charge in [0.25, 0.3) is 0 Å². The van der Waals surface area contributed by atoms with Crippen LogP contribution >= 0.6 is 24.8 Å². The average Bonchev–Trinajstić information content (AvgIpc) is 2.91. The number of aliphatic hydroxyl groups is 1. The Morgan fingerprint density at radius 3 is 2.64 bits per heavy atom. The van der Waals surface area contributed by atoms with Crippen LogP contribution in [-0.2, 0) is 4.79 Å². The Bertz CT molecular complexity index is 326. The Hall–Kier alpha value is -0.0700. The number of carbonyl (C=O) groups is 1. The lowest BCUT2D eigenvalue weighted by atomic mass is 10.0. The summed E-state index contributed by atoms with van der Waals surface area (Å²) in [6, 6.07) is 0.343. The molecule has 5 nitrogen and oxygen atoms in total. The largest absolute Gasteiger partial charge is 0.392 e. The first-order chi connectivity index (χ1) is 9.56. The van der Waals surface area contributed by atoms with Crippen LogP contribution in [0.25, 0.3) is 0 Å². The van der Waals surface area contributed by atoms with Crippen molar-refractivity contribution in [3.05, 3.63) is 0 Å². The molecule has 2 aliphatic heterocycles. The van der Waals surface area contributed by atoms with E-state index in [0.29, 0.717) is 30.8 Å². The molecule has 2 aliphatic rings. The predicted molar refractivity (Wildman–Crippen MR) is 94.0 cm³/mol.